The molecule has 0 spiro atoms. The highest BCUT2D eigenvalue weighted by atomic mass is 79.9. The molecule has 1 N–H and O–H groups in total. The van der Waals surface area contributed by atoms with Gasteiger partial charge in [0.1, 0.15) is 5.82 Å². The van der Waals surface area contributed by atoms with Gasteiger partial charge in [0.2, 0.25) is 0 Å². The fourth-order valence-electron chi connectivity index (χ4n) is 1.47. The fraction of sp³-hybridized carbons (Fsp3) is 0.0833. The van der Waals surface area contributed by atoms with Gasteiger partial charge in [0.05, 0.1) is 5.56 Å². The van der Waals surface area contributed by atoms with E-state index < -0.39 is 11.8 Å². The molecule has 2 rings (SSSR count). The van der Waals surface area contributed by atoms with Crippen LogP contribution in [-0.2, 0) is 0 Å². The number of aromatic carboxylic acids is 1. The maximum atomic E-state index is 13.7. The molecule has 2 aromatic rings. The predicted molar refractivity (Wildman–Crippen MR) is 66.8 cm³/mol. The zero-order chi connectivity index (χ0) is 13.3. The van der Waals surface area contributed by atoms with Crippen molar-refractivity contribution in [2.45, 2.75) is 6.92 Å². The molecule has 0 fully saturated rings. The van der Waals surface area contributed by atoms with Crippen LogP contribution in [0.15, 0.2) is 28.7 Å². The molecule has 4 nitrogen and oxygen atoms in total. The molecule has 0 saturated heterocycles. The molecule has 92 valence electrons. The Kier molecular flexibility index (Phi) is 3.38. The maximum absolute atomic E-state index is 13.7. The minimum atomic E-state index is -1.17. The second-order valence-electron chi connectivity index (χ2n) is 3.65. The number of benzene rings is 1. The first-order chi connectivity index (χ1) is 8.47. The number of nitrogens with zero attached hydrogens (tertiary/aromatic N) is 2. The lowest BCUT2D eigenvalue weighted by Gasteiger charge is -2.05. The van der Waals surface area contributed by atoms with Crippen LogP contribution in [0.3, 0.4) is 0 Å². The van der Waals surface area contributed by atoms with Gasteiger partial charge in [0, 0.05) is 10.2 Å². The zero-order valence-corrected chi connectivity index (χ0v) is 10.9. The monoisotopic (exact) mass is 310 g/mol. The van der Waals surface area contributed by atoms with Crippen LogP contribution in [0, 0.1) is 12.7 Å². The molecule has 0 aliphatic carbocycles. The molecule has 0 bridgehead atoms. The van der Waals surface area contributed by atoms with Crippen LogP contribution in [0.25, 0.3) is 11.4 Å². The first-order valence-electron chi connectivity index (χ1n) is 5.02. The van der Waals surface area contributed by atoms with Crippen LogP contribution in [0.1, 0.15) is 16.2 Å². The van der Waals surface area contributed by atoms with Gasteiger partial charge in [0.25, 0.3) is 0 Å². The summed E-state index contributed by atoms with van der Waals surface area (Å²) in [5, 5.41) is 8.90. The molecule has 0 saturated carbocycles. The minimum absolute atomic E-state index is 0.0670. The molecule has 0 aliphatic heterocycles. The van der Waals surface area contributed by atoms with Crippen LogP contribution in [0.5, 0.6) is 0 Å². The lowest BCUT2D eigenvalue weighted by molar-refractivity contribution is 0.0690. The smallest absolute Gasteiger partial charge is 0.354 e. The van der Waals surface area contributed by atoms with Crippen LogP contribution in [0.2, 0.25) is 0 Å². The van der Waals surface area contributed by atoms with Crippen LogP contribution in [-0.4, -0.2) is 21.0 Å². The molecule has 0 atom stereocenters. The van der Waals surface area contributed by atoms with E-state index in [2.05, 4.69) is 25.9 Å². The highest BCUT2D eigenvalue weighted by molar-refractivity contribution is 9.10. The van der Waals surface area contributed by atoms with Gasteiger partial charge in [-0.25, -0.2) is 19.2 Å². The van der Waals surface area contributed by atoms with Gasteiger partial charge in [-0.2, -0.15) is 0 Å². The van der Waals surface area contributed by atoms with E-state index in [4.69, 9.17) is 5.11 Å². The van der Waals surface area contributed by atoms with Gasteiger partial charge in [-0.05, 0) is 31.2 Å². The van der Waals surface area contributed by atoms with Crippen molar-refractivity contribution >= 4 is 21.9 Å². The Labute approximate surface area is 111 Å². The summed E-state index contributed by atoms with van der Waals surface area (Å²) in [7, 11) is 0. The Balaban J connectivity index is 2.60. The molecule has 1 aromatic carbocycles. The van der Waals surface area contributed by atoms with Gasteiger partial charge in [-0.3, -0.25) is 0 Å². The van der Waals surface area contributed by atoms with E-state index in [0.29, 0.717) is 10.2 Å². The average Bonchev–Trinajstić information content (AvgIpc) is 2.27. The third-order valence-corrected chi connectivity index (χ3v) is 2.74. The van der Waals surface area contributed by atoms with Gasteiger partial charge in [-0.1, -0.05) is 15.9 Å². The summed E-state index contributed by atoms with van der Waals surface area (Å²) in [6.45, 7) is 1.63. The molecular formula is C12H8BrFN2O2. The van der Waals surface area contributed by atoms with Crippen molar-refractivity contribution < 1.29 is 14.3 Å². The number of hydrogen-bond donors (Lipinski definition) is 1. The van der Waals surface area contributed by atoms with Crippen molar-refractivity contribution in [2.75, 3.05) is 0 Å². The van der Waals surface area contributed by atoms with E-state index in [-0.39, 0.29) is 17.1 Å². The van der Waals surface area contributed by atoms with E-state index in [9.17, 15) is 9.18 Å². The Morgan fingerprint density at radius 3 is 2.67 bits per heavy atom. The first-order valence-corrected chi connectivity index (χ1v) is 5.81. The number of aromatic nitrogens is 2. The van der Waals surface area contributed by atoms with E-state index in [1.807, 2.05) is 0 Å². The van der Waals surface area contributed by atoms with Gasteiger partial charge >= 0.3 is 5.97 Å². The summed E-state index contributed by atoms with van der Waals surface area (Å²) in [6.07, 6.45) is 0. The third kappa shape index (κ3) is 2.53. The van der Waals surface area contributed by atoms with Crippen LogP contribution < -0.4 is 0 Å². The van der Waals surface area contributed by atoms with E-state index in [0.717, 1.165) is 0 Å². The summed E-state index contributed by atoms with van der Waals surface area (Å²) in [6, 6.07) is 5.76. The molecule has 0 amide bonds. The molecule has 1 aromatic heterocycles. The molecule has 1 heterocycles. The van der Waals surface area contributed by atoms with E-state index >= 15 is 0 Å². The van der Waals surface area contributed by atoms with Crippen LogP contribution in [0.4, 0.5) is 4.39 Å². The number of carboxylic acid groups (broad SMARTS) is 1. The lowest BCUT2D eigenvalue weighted by atomic mass is 10.2. The predicted octanol–water partition coefficient (Wildman–Crippen LogP) is 3.05. The van der Waals surface area contributed by atoms with Crippen molar-refractivity contribution in [3.05, 3.63) is 45.9 Å². The summed E-state index contributed by atoms with van der Waals surface area (Å²) in [5.41, 5.74) is 0.490. The van der Waals surface area contributed by atoms with Crippen molar-refractivity contribution in [3.63, 3.8) is 0 Å². The molecule has 0 radical (unpaired) electrons. The van der Waals surface area contributed by atoms with Gasteiger partial charge in [0.15, 0.2) is 11.5 Å². The Hall–Kier alpha value is -1.82. The summed E-state index contributed by atoms with van der Waals surface area (Å²) in [5.74, 6) is -1.61. The Morgan fingerprint density at radius 2 is 2.06 bits per heavy atom. The Bertz CT molecular complexity index is 631. The van der Waals surface area contributed by atoms with Crippen molar-refractivity contribution in [1.82, 2.24) is 9.97 Å². The SMILES string of the molecule is Cc1cc(C(=O)O)nc(-c2ccc(Br)cc2F)n1. The number of aryl methyl sites for hydroxylation is 1. The van der Waals surface area contributed by atoms with Crippen LogP contribution >= 0.6 is 15.9 Å². The zero-order valence-electron chi connectivity index (χ0n) is 9.32. The van der Waals surface area contributed by atoms with Crippen molar-refractivity contribution in [1.29, 1.82) is 0 Å². The molecular weight excluding hydrogens is 303 g/mol. The number of hydrogen-bond acceptors (Lipinski definition) is 3. The highest BCUT2D eigenvalue weighted by Crippen LogP contribution is 2.23. The Morgan fingerprint density at radius 1 is 1.33 bits per heavy atom. The van der Waals surface area contributed by atoms with E-state index in [1.54, 1.807) is 13.0 Å². The summed E-state index contributed by atoms with van der Waals surface area (Å²) in [4.78, 5) is 18.8. The first kappa shape index (κ1) is 12.6. The summed E-state index contributed by atoms with van der Waals surface area (Å²) >= 11 is 3.15. The normalized spacial score (nSPS) is 10.4. The van der Waals surface area contributed by atoms with Crippen molar-refractivity contribution in [2.24, 2.45) is 0 Å². The lowest BCUT2D eigenvalue weighted by Crippen LogP contribution is -2.05. The molecule has 18 heavy (non-hydrogen) atoms. The highest BCUT2D eigenvalue weighted by Gasteiger charge is 2.13. The van der Waals surface area contributed by atoms with Crippen molar-refractivity contribution in [3.8, 4) is 11.4 Å². The quantitative estimate of drug-likeness (QED) is 0.926. The topological polar surface area (TPSA) is 63.1 Å². The maximum Gasteiger partial charge on any atom is 0.354 e. The molecule has 0 aliphatic rings. The second kappa shape index (κ2) is 4.81. The molecule has 6 heteroatoms. The standard InChI is InChI=1S/C12H8BrFN2O2/c1-6-4-10(12(17)18)16-11(15-6)8-3-2-7(13)5-9(8)14/h2-5H,1H3,(H,17,18). The second-order valence-corrected chi connectivity index (χ2v) is 4.56. The fourth-order valence-corrected chi connectivity index (χ4v) is 1.80. The largest absolute Gasteiger partial charge is 0.477 e. The summed E-state index contributed by atoms with van der Waals surface area (Å²) < 4.78 is 14.3. The average molecular weight is 311 g/mol. The molecule has 0 unspecified atom stereocenters. The third-order valence-electron chi connectivity index (χ3n) is 2.25. The van der Waals surface area contributed by atoms with Gasteiger partial charge < -0.3 is 5.11 Å². The minimum Gasteiger partial charge on any atom is -0.477 e. The number of rotatable bonds is 2. The number of carboxylic acids is 1. The van der Waals surface area contributed by atoms with Gasteiger partial charge in [-0.15, -0.1) is 0 Å². The van der Waals surface area contributed by atoms with E-state index in [1.165, 1.54) is 18.2 Å². The number of carbonyl (C=O) groups is 1. The number of halogens is 2.